The van der Waals surface area contributed by atoms with Crippen molar-refractivity contribution in [3.63, 3.8) is 0 Å². The number of carboxylic acids is 1. The van der Waals surface area contributed by atoms with Crippen LogP contribution >= 0.6 is 0 Å². The highest BCUT2D eigenvalue weighted by atomic mass is 16.4. The molecule has 5 heteroatoms. The fourth-order valence-electron chi connectivity index (χ4n) is 3.67. The van der Waals surface area contributed by atoms with Crippen LogP contribution in [0.15, 0.2) is 12.2 Å². The monoisotopic (exact) mass is 328 g/mol. The van der Waals surface area contributed by atoms with Crippen LogP contribution in [0.2, 0.25) is 0 Å². The fraction of sp³-hybridized carbons (Fsp3) is 0.833. The van der Waals surface area contributed by atoms with E-state index in [1.165, 1.54) is 0 Å². The molecule has 4 N–H and O–H groups in total. The molecule has 0 aromatic rings. The summed E-state index contributed by atoms with van der Waals surface area (Å²) >= 11 is 0. The molecule has 1 unspecified atom stereocenters. The number of hydrogen-bond donors (Lipinski definition) is 4. The van der Waals surface area contributed by atoms with Gasteiger partial charge in [0.15, 0.2) is 0 Å². The second kappa shape index (κ2) is 10.8. The lowest BCUT2D eigenvalue weighted by Crippen LogP contribution is -2.23. The minimum absolute atomic E-state index is 0.0453. The van der Waals surface area contributed by atoms with E-state index >= 15 is 0 Å². The van der Waals surface area contributed by atoms with Crippen LogP contribution in [0.3, 0.4) is 0 Å². The molecular formula is C18H32O5. The summed E-state index contributed by atoms with van der Waals surface area (Å²) in [4.78, 5) is 10.5. The largest absolute Gasteiger partial charge is 0.481 e. The van der Waals surface area contributed by atoms with Crippen molar-refractivity contribution in [2.45, 2.75) is 83.0 Å². The van der Waals surface area contributed by atoms with E-state index in [2.05, 4.69) is 0 Å². The predicted octanol–water partition coefficient (Wildman–Crippen LogP) is 2.49. The Balaban J connectivity index is 2.33. The van der Waals surface area contributed by atoms with Crippen LogP contribution in [0.25, 0.3) is 0 Å². The van der Waals surface area contributed by atoms with E-state index in [1.807, 2.05) is 13.0 Å². The number of aliphatic hydroxyl groups excluding tert-OH is 3. The molecular weight excluding hydrogens is 296 g/mol. The topological polar surface area (TPSA) is 98.0 Å². The van der Waals surface area contributed by atoms with Gasteiger partial charge < -0.3 is 20.4 Å². The zero-order chi connectivity index (χ0) is 17.2. The summed E-state index contributed by atoms with van der Waals surface area (Å²) in [6.07, 6.45) is 8.44. The van der Waals surface area contributed by atoms with E-state index in [0.29, 0.717) is 25.7 Å². The van der Waals surface area contributed by atoms with Gasteiger partial charge in [-0.1, -0.05) is 31.4 Å². The van der Waals surface area contributed by atoms with E-state index in [4.69, 9.17) is 5.11 Å². The van der Waals surface area contributed by atoms with Crippen LogP contribution in [0.5, 0.6) is 0 Å². The third-order valence-electron chi connectivity index (χ3n) is 4.91. The van der Waals surface area contributed by atoms with Gasteiger partial charge in [-0.3, -0.25) is 4.79 Å². The van der Waals surface area contributed by atoms with Crippen molar-refractivity contribution < 1.29 is 25.2 Å². The maximum Gasteiger partial charge on any atom is 0.303 e. The standard InChI is InChI=1S/C18H32O5/c1-2-7-13(19)10-11-15-14(16(20)12-17(15)21)8-5-3-4-6-9-18(22)23/h2,7,13-17,19-21H,3-6,8-12H2,1H3,(H,22,23)/b7-2+/t13?,14-,15-,16+,17-/m1/s1. The van der Waals surface area contributed by atoms with Gasteiger partial charge in [0.2, 0.25) is 0 Å². The lowest BCUT2D eigenvalue weighted by atomic mass is 9.85. The van der Waals surface area contributed by atoms with Crippen LogP contribution in [0, 0.1) is 11.8 Å². The van der Waals surface area contributed by atoms with Crippen LogP contribution < -0.4 is 0 Å². The van der Waals surface area contributed by atoms with Crippen molar-refractivity contribution in [1.82, 2.24) is 0 Å². The molecule has 0 aromatic carbocycles. The summed E-state index contributed by atoms with van der Waals surface area (Å²) in [5, 5.41) is 38.7. The summed E-state index contributed by atoms with van der Waals surface area (Å²) < 4.78 is 0. The molecule has 1 fully saturated rings. The van der Waals surface area contributed by atoms with E-state index in [1.54, 1.807) is 6.08 Å². The molecule has 0 heterocycles. The summed E-state index contributed by atoms with van der Waals surface area (Å²) in [6, 6.07) is 0. The third-order valence-corrected chi connectivity index (χ3v) is 4.91. The van der Waals surface area contributed by atoms with Gasteiger partial charge in [-0.2, -0.15) is 0 Å². The molecule has 5 atom stereocenters. The van der Waals surface area contributed by atoms with Gasteiger partial charge in [0.05, 0.1) is 18.3 Å². The first-order valence-corrected chi connectivity index (χ1v) is 8.84. The molecule has 1 aliphatic rings. The summed E-state index contributed by atoms with van der Waals surface area (Å²) in [5.41, 5.74) is 0. The highest BCUT2D eigenvalue weighted by Gasteiger charge is 2.40. The number of allylic oxidation sites excluding steroid dienone is 1. The quantitative estimate of drug-likeness (QED) is 0.345. The molecule has 1 saturated carbocycles. The highest BCUT2D eigenvalue weighted by molar-refractivity contribution is 5.66. The van der Waals surface area contributed by atoms with Gasteiger partial charge in [0, 0.05) is 6.42 Å². The Morgan fingerprint density at radius 3 is 2.30 bits per heavy atom. The van der Waals surface area contributed by atoms with Gasteiger partial charge in [-0.25, -0.2) is 0 Å². The molecule has 0 bridgehead atoms. The Hall–Kier alpha value is -0.910. The number of unbranched alkanes of at least 4 members (excludes halogenated alkanes) is 3. The number of carboxylic acid groups (broad SMARTS) is 1. The Bertz CT molecular complexity index is 368. The first kappa shape index (κ1) is 20.1. The zero-order valence-electron chi connectivity index (χ0n) is 14.1. The molecule has 5 nitrogen and oxygen atoms in total. The van der Waals surface area contributed by atoms with Crippen molar-refractivity contribution in [1.29, 1.82) is 0 Å². The van der Waals surface area contributed by atoms with Crippen molar-refractivity contribution in [2.24, 2.45) is 11.8 Å². The molecule has 0 radical (unpaired) electrons. The molecule has 0 aromatic heterocycles. The molecule has 0 saturated heterocycles. The first-order valence-electron chi connectivity index (χ1n) is 8.84. The third kappa shape index (κ3) is 7.46. The van der Waals surface area contributed by atoms with E-state index in [-0.39, 0.29) is 18.3 Å². The lowest BCUT2D eigenvalue weighted by molar-refractivity contribution is -0.137. The molecule has 0 amide bonds. The van der Waals surface area contributed by atoms with Gasteiger partial charge in [-0.15, -0.1) is 0 Å². The van der Waals surface area contributed by atoms with Gasteiger partial charge in [-0.05, 0) is 50.9 Å². The molecule has 1 aliphatic carbocycles. The van der Waals surface area contributed by atoms with Crippen molar-refractivity contribution in [3.8, 4) is 0 Å². The Morgan fingerprint density at radius 1 is 1.09 bits per heavy atom. The van der Waals surface area contributed by atoms with Gasteiger partial charge in [0.25, 0.3) is 0 Å². The second-order valence-electron chi connectivity index (χ2n) is 6.72. The summed E-state index contributed by atoms with van der Waals surface area (Å²) in [6.45, 7) is 1.87. The number of aliphatic hydroxyl groups is 3. The fourth-order valence-corrected chi connectivity index (χ4v) is 3.67. The average molecular weight is 328 g/mol. The molecule has 134 valence electrons. The smallest absolute Gasteiger partial charge is 0.303 e. The van der Waals surface area contributed by atoms with E-state index in [0.717, 1.165) is 25.7 Å². The van der Waals surface area contributed by atoms with Crippen LogP contribution in [0.1, 0.15) is 64.7 Å². The van der Waals surface area contributed by atoms with Crippen molar-refractivity contribution >= 4 is 5.97 Å². The molecule has 0 spiro atoms. The van der Waals surface area contributed by atoms with Crippen LogP contribution in [-0.4, -0.2) is 44.7 Å². The number of rotatable bonds is 11. The maximum absolute atomic E-state index is 10.5. The van der Waals surface area contributed by atoms with Gasteiger partial charge >= 0.3 is 5.97 Å². The maximum atomic E-state index is 10.5. The zero-order valence-corrected chi connectivity index (χ0v) is 14.1. The average Bonchev–Trinajstić information content (AvgIpc) is 2.74. The second-order valence-corrected chi connectivity index (χ2v) is 6.72. The predicted molar refractivity (Wildman–Crippen MR) is 89.0 cm³/mol. The Kier molecular flexibility index (Phi) is 9.44. The Morgan fingerprint density at radius 2 is 1.70 bits per heavy atom. The summed E-state index contributed by atoms with van der Waals surface area (Å²) in [7, 11) is 0. The van der Waals surface area contributed by atoms with Crippen LogP contribution in [-0.2, 0) is 4.79 Å². The highest BCUT2D eigenvalue weighted by Crippen LogP contribution is 2.39. The SMILES string of the molecule is C/C=C/C(O)CC[C@@H]1[C@@H](CCCCCCC(=O)O)[C@@H](O)C[C@H]1O. The molecule has 0 aliphatic heterocycles. The first-order chi connectivity index (χ1) is 11.0. The lowest BCUT2D eigenvalue weighted by Gasteiger charge is -2.24. The van der Waals surface area contributed by atoms with E-state index < -0.39 is 24.3 Å². The molecule has 1 rings (SSSR count). The van der Waals surface area contributed by atoms with Crippen molar-refractivity contribution in [3.05, 3.63) is 12.2 Å². The number of aliphatic carboxylic acids is 1. The minimum atomic E-state index is -0.751. The van der Waals surface area contributed by atoms with E-state index in [9.17, 15) is 20.1 Å². The minimum Gasteiger partial charge on any atom is -0.481 e. The number of hydrogen-bond acceptors (Lipinski definition) is 4. The Labute approximate surface area is 139 Å². The normalized spacial score (nSPS) is 29.2. The molecule has 23 heavy (non-hydrogen) atoms. The van der Waals surface area contributed by atoms with Gasteiger partial charge in [0.1, 0.15) is 0 Å². The number of carbonyl (C=O) groups is 1. The van der Waals surface area contributed by atoms with Crippen molar-refractivity contribution in [2.75, 3.05) is 0 Å². The van der Waals surface area contributed by atoms with Crippen LogP contribution in [0.4, 0.5) is 0 Å². The summed E-state index contributed by atoms with van der Waals surface area (Å²) in [5.74, 6) is -0.620.